The Kier molecular flexibility index (Phi) is 5.22. The Morgan fingerprint density at radius 1 is 1.00 bits per heavy atom. The van der Waals surface area contributed by atoms with E-state index >= 15 is 0 Å². The molecular formula is C20H20N4OS2. The van der Waals surface area contributed by atoms with Gasteiger partial charge in [0.25, 0.3) is 5.56 Å². The maximum atomic E-state index is 13.2. The second-order valence-corrected chi connectivity index (χ2v) is 8.61. The maximum Gasteiger partial charge on any atom is 0.267 e. The zero-order valence-electron chi connectivity index (χ0n) is 15.3. The molecule has 0 saturated carbocycles. The van der Waals surface area contributed by atoms with E-state index in [1.54, 1.807) is 16.3 Å². The Labute approximate surface area is 165 Å². The molecule has 0 unspecified atom stereocenters. The summed E-state index contributed by atoms with van der Waals surface area (Å²) in [6, 6.07) is 15.6. The highest BCUT2D eigenvalue weighted by molar-refractivity contribution is 8.02. The first-order chi connectivity index (χ1) is 13.2. The molecule has 27 heavy (non-hydrogen) atoms. The van der Waals surface area contributed by atoms with E-state index in [1.807, 2.05) is 71.6 Å². The molecule has 5 nitrogen and oxygen atoms in total. The van der Waals surface area contributed by atoms with Crippen LogP contribution in [0.4, 0.5) is 0 Å². The second-order valence-electron chi connectivity index (χ2n) is 6.16. The Balaban J connectivity index is 1.95. The normalized spacial score (nSPS) is 11.5. The van der Waals surface area contributed by atoms with Crippen LogP contribution in [0.2, 0.25) is 0 Å². The summed E-state index contributed by atoms with van der Waals surface area (Å²) in [5, 5.41) is 10.3. The van der Waals surface area contributed by atoms with E-state index in [0.717, 1.165) is 39.2 Å². The first-order valence-electron chi connectivity index (χ1n) is 8.87. The minimum Gasteiger partial charge on any atom is -0.268 e. The number of hydrogen-bond acceptors (Lipinski definition) is 5. The minimum absolute atomic E-state index is 0.0764. The molecule has 0 fully saturated rings. The quantitative estimate of drug-likeness (QED) is 0.361. The molecule has 0 aliphatic rings. The average molecular weight is 397 g/mol. The molecule has 2 aromatic carbocycles. The molecule has 4 aromatic rings. The van der Waals surface area contributed by atoms with Crippen molar-refractivity contribution >= 4 is 40.2 Å². The molecule has 7 heteroatoms. The third kappa shape index (κ3) is 3.37. The van der Waals surface area contributed by atoms with E-state index < -0.39 is 0 Å². The molecule has 0 saturated heterocycles. The van der Waals surface area contributed by atoms with Gasteiger partial charge in [-0.1, -0.05) is 48.5 Å². The Morgan fingerprint density at radius 3 is 2.56 bits per heavy atom. The van der Waals surface area contributed by atoms with Gasteiger partial charge in [0, 0.05) is 11.5 Å². The first kappa shape index (κ1) is 18.1. The van der Waals surface area contributed by atoms with Crippen LogP contribution in [0, 0.1) is 6.92 Å². The largest absolute Gasteiger partial charge is 0.268 e. The summed E-state index contributed by atoms with van der Waals surface area (Å²) in [6.45, 7) is 4.19. The lowest BCUT2D eigenvalue weighted by Crippen LogP contribution is -2.21. The van der Waals surface area contributed by atoms with Crippen molar-refractivity contribution in [2.75, 3.05) is 17.3 Å². The summed E-state index contributed by atoms with van der Waals surface area (Å²) in [4.78, 5) is 13.2. The van der Waals surface area contributed by atoms with Crippen molar-refractivity contribution in [1.82, 2.24) is 19.2 Å². The third-order valence-electron chi connectivity index (χ3n) is 4.35. The fourth-order valence-electron chi connectivity index (χ4n) is 3.03. The Bertz CT molecular complexity index is 1150. The Hall–Kier alpha value is -2.25. The molecule has 0 spiro atoms. The van der Waals surface area contributed by atoms with Gasteiger partial charge >= 0.3 is 0 Å². The van der Waals surface area contributed by atoms with Gasteiger partial charge in [0.1, 0.15) is 0 Å². The summed E-state index contributed by atoms with van der Waals surface area (Å²) >= 11 is 3.59. The predicted octanol–water partition coefficient (Wildman–Crippen LogP) is 4.19. The molecule has 0 aliphatic heterocycles. The summed E-state index contributed by atoms with van der Waals surface area (Å²) in [6.07, 6.45) is 0. The number of nitrogens with zero attached hydrogens (tertiary/aromatic N) is 4. The highest BCUT2D eigenvalue weighted by Crippen LogP contribution is 2.23. The molecule has 0 radical (unpaired) electrons. The van der Waals surface area contributed by atoms with Crippen molar-refractivity contribution in [3.8, 4) is 5.69 Å². The van der Waals surface area contributed by atoms with Crippen LogP contribution in [0.25, 0.3) is 22.4 Å². The number of thioether (sulfide) groups is 2. The lowest BCUT2D eigenvalue weighted by molar-refractivity contribution is 0.931. The SMILES string of the molecule is CCSCCSc1nnc2n(-c3ccc(C)cc3)c(=O)c3ccccc3n12. The minimum atomic E-state index is -0.0764. The molecule has 0 atom stereocenters. The summed E-state index contributed by atoms with van der Waals surface area (Å²) < 4.78 is 3.65. The van der Waals surface area contributed by atoms with Gasteiger partial charge < -0.3 is 0 Å². The van der Waals surface area contributed by atoms with Gasteiger partial charge in [0.05, 0.1) is 16.6 Å². The van der Waals surface area contributed by atoms with Crippen molar-refractivity contribution in [2.45, 2.75) is 19.0 Å². The van der Waals surface area contributed by atoms with Gasteiger partial charge in [-0.3, -0.25) is 9.20 Å². The zero-order valence-corrected chi connectivity index (χ0v) is 16.9. The molecule has 2 aromatic heterocycles. The van der Waals surface area contributed by atoms with Crippen LogP contribution in [-0.4, -0.2) is 36.4 Å². The number of hydrogen-bond donors (Lipinski definition) is 0. The number of aromatic nitrogens is 4. The van der Waals surface area contributed by atoms with Gasteiger partial charge in [-0.2, -0.15) is 11.8 Å². The van der Waals surface area contributed by atoms with Crippen molar-refractivity contribution in [3.05, 3.63) is 64.4 Å². The van der Waals surface area contributed by atoms with E-state index in [1.165, 1.54) is 0 Å². The highest BCUT2D eigenvalue weighted by atomic mass is 32.2. The van der Waals surface area contributed by atoms with E-state index in [-0.39, 0.29) is 5.56 Å². The van der Waals surface area contributed by atoms with Gasteiger partial charge in [0.15, 0.2) is 5.16 Å². The van der Waals surface area contributed by atoms with Crippen molar-refractivity contribution < 1.29 is 0 Å². The number of para-hydroxylation sites is 1. The van der Waals surface area contributed by atoms with Gasteiger partial charge in [-0.05, 0) is 36.9 Å². The molecule has 0 aliphatic carbocycles. The van der Waals surface area contributed by atoms with Crippen LogP contribution < -0.4 is 5.56 Å². The molecule has 0 bridgehead atoms. The summed E-state index contributed by atoms with van der Waals surface area (Å²) in [5.74, 6) is 3.67. The van der Waals surface area contributed by atoms with Crippen LogP contribution in [0.5, 0.6) is 0 Å². The molecule has 138 valence electrons. The highest BCUT2D eigenvalue weighted by Gasteiger charge is 2.17. The molecular weight excluding hydrogens is 376 g/mol. The van der Waals surface area contributed by atoms with E-state index in [4.69, 9.17) is 0 Å². The number of fused-ring (bicyclic) bond motifs is 3. The standard InChI is InChI=1S/C20H20N4OS2/c1-3-26-12-13-27-20-22-21-19-23(15-10-8-14(2)9-11-15)18(25)16-6-4-5-7-17(16)24(19)20/h4-11H,3,12-13H2,1-2H3. The topological polar surface area (TPSA) is 52.2 Å². The fourth-order valence-corrected chi connectivity index (χ4v) is 4.72. The van der Waals surface area contributed by atoms with Crippen LogP contribution >= 0.6 is 23.5 Å². The van der Waals surface area contributed by atoms with Gasteiger partial charge in [-0.25, -0.2) is 4.57 Å². The van der Waals surface area contributed by atoms with Crippen LogP contribution in [0.1, 0.15) is 12.5 Å². The first-order valence-corrected chi connectivity index (χ1v) is 11.0. The van der Waals surface area contributed by atoms with E-state index in [0.29, 0.717) is 11.2 Å². The summed E-state index contributed by atoms with van der Waals surface area (Å²) in [7, 11) is 0. The lowest BCUT2D eigenvalue weighted by Gasteiger charge is -2.11. The molecule has 0 N–H and O–H groups in total. The van der Waals surface area contributed by atoms with E-state index in [2.05, 4.69) is 17.1 Å². The zero-order chi connectivity index (χ0) is 18.8. The lowest BCUT2D eigenvalue weighted by atomic mass is 10.2. The average Bonchev–Trinajstić information content (AvgIpc) is 3.10. The van der Waals surface area contributed by atoms with Crippen LogP contribution in [0.3, 0.4) is 0 Å². The summed E-state index contributed by atoms with van der Waals surface area (Å²) in [5.41, 5.74) is 2.71. The maximum absolute atomic E-state index is 13.2. The van der Waals surface area contributed by atoms with Crippen LogP contribution in [0.15, 0.2) is 58.5 Å². The smallest absolute Gasteiger partial charge is 0.267 e. The van der Waals surface area contributed by atoms with Gasteiger partial charge in [-0.15, -0.1) is 10.2 Å². The number of aryl methyl sites for hydroxylation is 1. The number of rotatable bonds is 6. The molecule has 2 heterocycles. The van der Waals surface area contributed by atoms with Crippen molar-refractivity contribution in [2.24, 2.45) is 0 Å². The number of benzene rings is 2. The second kappa shape index (κ2) is 7.78. The predicted molar refractivity (Wildman–Crippen MR) is 115 cm³/mol. The van der Waals surface area contributed by atoms with Crippen molar-refractivity contribution in [1.29, 1.82) is 0 Å². The molecule has 4 rings (SSSR count). The Morgan fingerprint density at radius 2 is 1.78 bits per heavy atom. The monoisotopic (exact) mass is 396 g/mol. The van der Waals surface area contributed by atoms with E-state index in [9.17, 15) is 4.79 Å². The fraction of sp³-hybridized carbons (Fsp3) is 0.250. The molecule has 0 amide bonds. The van der Waals surface area contributed by atoms with Crippen molar-refractivity contribution in [3.63, 3.8) is 0 Å². The van der Waals surface area contributed by atoms with Crippen LogP contribution in [-0.2, 0) is 0 Å². The third-order valence-corrected chi connectivity index (χ3v) is 6.44. The van der Waals surface area contributed by atoms with Gasteiger partial charge in [0.2, 0.25) is 5.78 Å².